The Morgan fingerprint density at radius 1 is 1.33 bits per heavy atom. The van der Waals surface area contributed by atoms with E-state index in [-0.39, 0.29) is 5.76 Å². The molecule has 3 nitrogen and oxygen atoms in total. The molecule has 1 aliphatic heterocycles. The molecule has 15 heavy (non-hydrogen) atoms. The van der Waals surface area contributed by atoms with E-state index < -0.39 is 5.67 Å². The van der Waals surface area contributed by atoms with Gasteiger partial charge in [0, 0.05) is 18.7 Å². The lowest BCUT2D eigenvalue weighted by Gasteiger charge is -2.35. The number of nitrogens with zero attached hydrogens (tertiary/aromatic N) is 1. The van der Waals surface area contributed by atoms with Gasteiger partial charge in [0.05, 0.1) is 5.76 Å². The maximum absolute atomic E-state index is 13.5. The molecule has 0 radical (unpaired) electrons. The average molecular weight is 214 g/mol. The van der Waals surface area contributed by atoms with Crippen molar-refractivity contribution < 1.29 is 9.50 Å². The summed E-state index contributed by atoms with van der Waals surface area (Å²) in [5.74, 6) is 0.471. The van der Waals surface area contributed by atoms with Gasteiger partial charge in [0.2, 0.25) is 0 Å². The number of likely N-dealkylation sites (tertiary alicyclic amines) is 1. The second-order valence-corrected chi connectivity index (χ2v) is 4.46. The van der Waals surface area contributed by atoms with Crippen LogP contribution in [0.5, 0.6) is 0 Å². The number of hydrogen-bond donors (Lipinski definition) is 2. The van der Waals surface area contributed by atoms with Crippen molar-refractivity contribution in [3.8, 4) is 0 Å². The Balaban J connectivity index is 2.62. The molecule has 1 rings (SSSR count). The van der Waals surface area contributed by atoms with E-state index in [0.717, 1.165) is 0 Å². The molecule has 0 spiro atoms. The zero-order valence-corrected chi connectivity index (χ0v) is 9.60. The minimum absolute atomic E-state index is 0.161. The molecule has 0 aromatic heterocycles. The minimum atomic E-state index is -1.09. The SMILES string of the molecule is C/C(O)=C(/C)C(=N)N1CCC(C)(F)CC1. The number of allylic oxidation sites excluding steroid dienone is 1. The summed E-state index contributed by atoms with van der Waals surface area (Å²) >= 11 is 0. The first-order valence-electron chi connectivity index (χ1n) is 5.23. The van der Waals surface area contributed by atoms with Crippen molar-refractivity contribution >= 4 is 5.84 Å². The monoisotopic (exact) mass is 214 g/mol. The summed E-state index contributed by atoms with van der Waals surface area (Å²) in [4.78, 5) is 1.82. The fraction of sp³-hybridized carbons (Fsp3) is 0.727. The Kier molecular flexibility index (Phi) is 3.37. The summed E-state index contributed by atoms with van der Waals surface area (Å²) in [6, 6.07) is 0. The zero-order chi connectivity index (χ0) is 11.6. The van der Waals surface area contributed by atoms with Gasteiger partial charge < -0.3 is 10.0 Å². The first kappa shape index (κ1) is 12.0. The Labute approximate surface area is 90.1 Å². The third kappa shape index (κ3) is 2.94. The van der Waals surface area contributed by atoms with E-state index >= 15 is 0 Å². The Hall–Kier alpha value is -1.06. The van der Waals surface area contributed by atoms with Gasteiger partial charge in [-0.1, -0.05) is 0 Å². The summed E-state index contributed by atoms with van der Waals surface area (Å²) in [5.41, 5.74) is -0.527. The third-order valence-corrected chi connectivity index (χ3v) is 3.02. The first-order chi connectivity index (χ1) is 6.83. The second kappa shape index (κ2) is 4.21. The lowest BCUT2D eigenvalue weighted by atomic mass is 9.95. The highest BCUT2D eigenvalue weighted by Crippen LogP contribution is 2.26. The van der Waals surface area contributed by atoms with Gasteiger partial charge in [0.1, 0.15) is 11.5 Å². The van der Waals surface area contributed by atoms with Gasteiger partial charge >= 0.3 is 0 Å². The molecule has 2 N–H and O–H groups in total. The number of aliphatic hydroxyl groups excluding tert-OH is 1. The number of halogens is 1. The van der Waals surface area contributed by atoms with Crippen molar-refractivity contribution in [2.24, 2.45) is 0 Å². The largest absolute Gasteiger partial charge is 0.512 e. The molecule has 1 aliphatic rings. The van der Waals surface area contributed by atoms with Crippen LogP contribution in [0.2, 0.25) is 0 Å². The van der Waals surface area contributed by atoms with Gasteiger partial charge in [-0.25, -0.2) is 4.39 Å². The van der Waals surface area contributed by atoms with Crippen LogP contribution in [-0.4, -0.2) is 34.6 Å². The van der Waals surface area contributed by atoms with E-state index in [0.29, 0.717) is 37.3 Å². The molecule has 4 heteroatoms. The van der Waals surface area contributed by atoms with Crippen LogP contribution in [-0.2, 0) is 0 Å². The Bertz CT molecular complexity index is 283. The lowest BCUT2D eigenvalue weighted by Crippen LogP contribution is -2.43. The van der Waals surface area contributed by atoms with E-state index in [9.17, 15) is 9.50 Å². The van der Waals surface area contributed by atoms with Crippen LogP contribution in [0.4, 0.5) is 4.39 Å². The highest BCUT2D eigenvalue weighted by molar-refractivity contribution is 5.95. The van der Waals surface area contributed by atoms with Crippen LogP contribution in [0.25, 0.3) is 0 Å². The highest BCUT2D eigenvalue weighted by atomic mass is 19.1. The van der Waals surface area contributed by atoms with E-state index in [2.05, 4.69) is 0 Å². The molecule has 1 heterocycles. The van der Waals surface area contributed by atoms with Gasteiger partial charge in [0.25, 0.3) is 0 Å². The first-order valence-corrected chi connectivity index (χ1v) is 5.23. The van der Waals surface area contributed by atoms with Crippen molar-refractivity contribution in [2.45, 2.75) is 39.3 Å². The summed E-state index contributed by atoms with van der Waals surface area (Å²) in [6.45, 7) is 5.98. The van der Waals surface area contributed by atoms with Gasteiger partial charge in [0.15, 0.2) is 0 Å². The van der Waals surface area contributed by atoms with Crippen molar-refractivity contribution in [1.82, 2.24) is 4.90 Å². The van der Waals surface area contributed by atoms with E-state index in [1.165, 1.54) is 0 Å². The summed E-state index contributed by atoms with van der Waals surface area (Å²) < 4.78 is 13.5. The molecule has 0 aromatic rings. The number of piperidine rings is 1. The van der Waals surface area contributed by atoms with Crippen molar-refractivity contribution in [3.05, 3.63) is 11.3 Å². The average Bonchev–Trinajstić information content (AvgIpc) is 2.15. The maximum Gasteiger partial charge on any atom is 0.126 e. The molecule has 0 atom stereocenters. The van der Waals surface area contributed by atoms with Gasteiger partial charge in [-0.15, -0.1) is 0 Å². The Morgan fingerprint density at radius 3 is 2.20 bits per heavy atom. The molecule has 86 valence electrons. The third-order valence-electron chi connectivity index (χ3n) is 3.02. The minimum Gasteiger partial charge on any atom is -0.512 e. The number of alkyl halides is 1. The molecule has 1 fully saturated rings. The predicted molar refractivity (Wildman–Crippen MR) is 59.0 cm³/mol. The van der Waals surface area contributed by atoms with Gasteiger partial charge in [-0.3, -0.25) is 5.41 Å². The van der Waals surface area contributed by atoms with E-state index in [1.807, 2.05) is 4.90 Å². The quantitative estimate of drug-likeness (QED) is 0.400. The fourth-order valence-electron chi connectivity index (χ4n) is 1.61. The summed E-state index contributed by atoms with van der Waals surface area (Å²) in [7, 11) is 0. The van der Waals surface area contributed by atoms with Crippen molar-refractivity contribution in [3.63, 3.8) is 0 Å². The van der Waals surface area contributed by atoms with Crippen LogP contribution >= 0.6 is 0 Å². The molecule has 1 saturated heterocycles. The molecule has 0 bridgehead atoms. The molecule has 0 amide bonds. The molecule has 0 saturated carbocycles. The van der Waals surface area contributed by atoms with Crippen LogP contribution in [0.3, 0.4) is 0 Å². The molecular weight excluding hydrogens is 195 g/mol. The van der Waals surface area contributed by atoms with Crippen molar-refractivity contribution in [1.29, 1.82) is 5.41 Å². The molecule has 0 aromatic carbocycles. The summed E-state index contributed by atoms with van der Waals surface area (Å²) in [6.07, 6.45) is 0.903. The van der Waals surface area contributed by atoms with E-state index in [1.54, 1.807) is 20.8 Å². The van der Waals surface area contributed by atoms with Crippen LogP contribution in [0, 0.1) is 5.41 Å². The fourth-order valence-corrected chi connectivity index (χ4v) is 1.61. The Morgan fingerprint density at radius 2 is 1.80 bits per heavy atom. The molecule has 0 aliphatic carbocycles. The second-order valence-electron chi connectivity index (χ2n) is 4.46. The van der Waals surface area contributed by atoms with Crippen LogP contribution < -0.4 is 0 Å². The van der Waals surface area contributed by atoms with Crippen LogP contribution in [0.1, 0.15) is 33.6 Å². The molecule has 0 unspecified atom stereocenters. The standard InChI is InChI=1S/C11H19FN2O/c1-8(9(2)15)10(13)14-6-4-11(3,12)5-7-14/h13,15H,4-7H2,1-3H3/b9-8+,13-10?. The normalized spacial score (nSPS) is 22.3. The number of rotatable bonds is 1. The number of hydrogen-bond acceptors (Lipinski definition) is 2. The molecular formula is C11H19FN2O. The van der Waals surface area contributed by atoms with Gasteiger partial charge in [-0.2, -0.15) is 0 Å². The van der Waals surface area contributed by atoms with Crippen LogP contribution in [0.15, 0.2) is 11.3 Å². The lowest BCUT2D eigenvalue weighted by molar-refractivity contribution is 0.104. The highest BCUT2D eigenvalue weighted by Gasteiger charge is 2.30. The topological polar surface area (TPSA) is 47.3 Å². The smallest absolute Gasteiger partial charge is 0.126 e. The number of nitrogens with one attached hydrogen (secondary N) is 1. The van der Waals surface area contributed by atoms with E-state index in [4.69, 9.17) is 5.41 Å². The van der Waals surface area contributed by atoms with Crippen molar-refractivity contribution in [2.75, 3.05) is 13.1 Å². The number of aliphatic hydroxyl groups is 1. The zero-order valence-electron chi connectivity index (χ0n) is 9.60. The maximum atomic E-state index is 13.5. The predicted octanol–water partition coefficient (Wildman–Crippen LogP) is 2.64. The van der Waals surface area contributed by atoms with Gasteiger partial charge in [-0.05, 0) is 33.6 Å². The number of amidine groups is 1. The summed E-state index contributed by atoms with van der Waals surface area (Å²) in [5, 5.41) is 17.1.